The Morgan fingerprint density at radius 2 is 1.57 bits per heavy atom. The van der Waals surface area contributed by atoms with E-state index >= 15 is 0 Å². The Kier molecular flexibility index (Phi) is 4.75. The van der Waals surface area contributed by atoms with Crippen LogP contribution in [0.2, 0.25) is 0 Å². The van der Waals surface area contributed by atoms with E-state index in [-0.39, 0.29) is 11.3 Å². The minimum absolute atomic E-state index is 0.0598. The molecule has 0 heterocycles. The predicted molar refractivity (Wildman–Crippen MR) is 87.3 cm³/mol. The van der Waals surface area contributed by atoms with Gasteiger partial charge >= 0.3 is 5.97 Å². The topological polar surface area (TPSA) is 95.5 Å². The molecule has 0 atom stereocenters. The van der Waals surface area contributed by atoms with Gasteiger partial charge in [0.25, 0.3) is 5.91 Å². The van der Waals surface area contributed by atoms with Gasteiger partial charge in [-0.15, -0.1) is 0 Å². The van der Waals surface area contributed by atoms with E-state index < -0.39 is 11.9 Å². The number of Topliss-reactive ketones (excluding diaryl/α,β-unsaturated/α-hetero) is 1. The molecule has 118 valence electrons. The van der Waals surface area contributed by atoms with Crippen LogP contribution in [0, 0.1) is 0 Å². The van der Waals surface area contributed by atoms with Crippen LogP contribution in [0.15, 0.2) is 42.5 Å². The summed E-state index contributed by atoms with van der Waals surface area (Å²) in [4.78, 5) is 34.8. The predicted octanol–water partition coefficient (Wildman–Crippen LogP) is 2.88. The molecule has 0 unspecified atom stereocenters. The monoisotopic (exact) mass is 312 g/mol. The number of hydrogen-bond donors (Lipinski definition) is 3. The van der Waals surface area contributed by atoms with Crippen molar-refractivity contribution in [1.29, 1.82) is 0 Å². The van der Waals surface area contributed by atoms with E-state index in [0.29, 0.717) is 22.5 Å². The number of carboxylic acids is 1. The quantitative estimate of drug-likeness (QED) is 0.738. The number of benzene rings is 2. The number of carboxylic acid groups (broad SMARTS) is 1. The maximum atomic E-state index is 12.3. The van der Waals surface area contributed by atoms with Crippen LogP contribution in [0.1, 0.15) is 38.0 Å². The molecule has 0 fully saturated rings. The van der Waals surface area contributed by atoms with Crippen LogP contribution >= 0.6 is 0 Å². The standard InChI is InChI=1S/C17H16N2O4/c1-10(20)11-4-3-5-12(6-11)16(21)19-15-8-13(17(22)23)7-14(9-15)18-2/h3-9,18H,1-2H3,(H,19,21)(H,22,23). The van der Waals surface area contributed by atoms with Crippen molar-refractivity contribution >= 4 is 29.0 Å². The van der Waals surface area contributed by atoms with Gasteiger partial charge in [0.1, 0.15) is 0 Å². The molecule has 2 aromatic rings. The highest BCUT2D eigenvalue weighted by Crippen LogP contribution is 2.20. The summed E-state index contributed by atoms with van der Waals surface area (Å²) < 4.78 is 0. The Morgan fingerprint density at radius 1 is 0.913 bits per heavy atom. The molecule has 0 aliphatic carbocycles. The van der Waals surface area contributed by atoms with Crippen LogP contribution < -0.4 is 10.6 Å². The fourth-order valence-corrected chi connectivity index (χ4v) is 2.05. The van der Waals surface area contributed by atoms with Gasteiger partial charge in [-0.25, -0.2) is 4.79 Å². The van der Waals surface area contributed by atoms with Gasteiger partial charge in [0, 0.05) is 29.5 Å². The number of carbonyl (C=O) groups is 3. The SMILES string of the molecule is CNc1cc(NC(=O)c2cccc(C(C)=O)c2)cc(C(=O)O)c1. The Labute approximate surface area is 133 Å². The third-order valence-corrected chi connectivity index (χ3v) is 3.26. The summed E-state index contributed by atoms with van der Waals surface area (Å²) >= 11 is 0. The van der Waals surface area contributed by atoms with Gasteiger partial charge in [0.15, 0.2) is 5.78 Å². The van der Waals surface area contributed by atoms with Crippen LogP contribution in [0.25, 0.3) is 0 Å². The minimum Gasteiger partial charge on any atom is -0.478 e. The number of carbonyl (C=O) groups excluding carboxylic acids is 2. The highest BCUT2D eigenvalue weighted by Gasteiger charge is 2.11. The number of nitrogens with one attached hydrogen (secondary N) is 2. The number of rotatable bonds is 5. The summed E-state index contributed by atoms with van der Waals surface area (Å²) in [6.45, 7) is 1.42. The summed E-state index contributed by atoms with van der Waals surface area (Å²) in [5, 5.41) is 14.6. The Morgan fingerprint density at radius 3 is 2.17 bits per heavy atom. The highest BCUT2D eigenvalue weighted by atomic mass is 16.4. The largest absolute Gasteiger partial charge is 0.478 e. The van der Waals surface area contributed by atoms with Crippen molar-refractivity contribution < 1.29 is 19.5 Å². The molecule has 0 aromatic heterocycles. The Hall–Kier alpha value is -3.15. The number of hydrogen-bond acceptors (Lipinski definition) is 4. The third kappa shape index (κ3) is 3.94. The number of amides is 1. The molecule has 0 aliphatic rings. The molecule has 2 rings (SSSR count). The Bertz CT molecular complexity index is 784. The van der Waals surface area contributed by atoms with Crippen LogP contribution in [0.5, 0.6) is 0 Å². The highest BCUT2D eigenvalue weighted by molar-refractivity contribution is 6.06. The van der Waals surface area contributed by atoms with Gasteiger partial charge in [0.2, 0.25) is 0 Å². The molecule has 23 heavy (non-hydrogen) atoms. The van der Waals surface area contributed by atoms with Crippen molar-refractivity contribution in [3.63, 3.8) is 0 Å². The lowest BCUT2D eigenvalue weighted by Gasteiger charge is -2.10. The lowest BCUT2D eigenvalue weighted by molar-refractivity contribution is 0.0696. The summed E-state index contributed by atoms with van der Waals surface area (Å²) in [5.74, 6) is -1.64. The molecule has 6 heteroatoms. The molecule has 0 saturated heterocycles. The van der Waals surface area contributed by atoms with E-state index in [9.17, 15) is 14.4 Å². The van der Waals surface area contributed by atoms with Gasteiger partial charge in [0.05, 0.1) is 5.56 Å². The van der Waals surface area contributed by atoms with E-state index in [0.717, 1.165) is 0 Å². The zero-order valence-corrected chi connectivity index (χ0v) is 12.7. The number of anilines is 2. The average molecular weight is 312 g/mol. The van der Waals surface area contributed by atoms with Gasteiger partial charge in [-0.2, -0.15) is 0 Å². The lowest BCUT2D eigenvalue weighted by atomic mass is 10.1. The van der Waals surface area contributed by atoms with Crippen LogP contribution in [-0.2, 0) is 0 Å². The Balaban J connectivity index is 2.29. The molecule has 6 nitrogen and oxygen atoms in total. The molecular weight excluding hydrogens is 296 g/mol. The maximum absolute atomic E-state index is 12.3. The molecule has 0 aliphatic heterocycles. The van der Waals surface area contributed by atoms with Crippen molar-refractivity contribution in [1.82, 2.24) is 0 Å². The second-order valence-electron chi connectivity index (χ2n) is 4.95. The fourth-order valence-electron chi connectivity index (χ4n) is 2.05. The molecule has 2 aromatic carbocycles. The maximum Gasteiger partial charge on any atom is 0.335 e. The normalized spacial score (nSPS) is 10.0. The van der Waals surface area contributed by atoms with E-state index in [1.165, 1.54) is 25.1 Å². The zero-order valence-electron chi connectivity index (χ0n) is 12.7. The molecule has 0 radical (unpaired) electrons. The second-order valence-corrected chi connectivity index (χ2v) is 4.95. The van der Waals surface area contributed by atoms with Crippen molar-refractivity contribution in [2.24, 2.45) is 0 Å². The smallest absolute Gasteiger partial charge is 0.335 e. The van der Waals surface area contributed by atoms with Crippen LogP contribution in [-0.4, -0.2) is 29.8 Å². The van der Waals surface area contributed by atoms with Crippen molar-refractivity contribution in [2.75, 3.05) is 17.7 Å². The first-order valence-electron chi connectivity index (χ1n) is 6.89. The third-order valence-electron chi connectivity index (χ3n) is 3.26. The van der Waals surface area contributed by atoms with E-state index in [4.69, 9.17) is 5.11 Å². The summed E-state index contributed by atoms with van der Waals surface area (Å²) in [6, 6.07) is 10.8. The molecule has 0 saturated carbocycles. The minimum atomic E-state index is -1.09. The van der Waals surface area contributed by atoms with E-state index in [1.54, 1.807) is 31.3 Å². The zero-order chi connectivity index (χ0) is 17.0. The van der Waals surface area contributed by atoms with Gasteiger partial charge in [-0.3, -0.25) is 9.59 Å². The summed E-state index contributed by atoms with van der Waals surface area (Å²) in [5.41, 5.74) is 1.74. The van der Waals surface area contributed by atoms with E-state index in [2.05, 4.69) is 10.6 Å². The number of ketones is 1. The number of aromatic carboxylic acids is 1. The van der Waals surface area contributed by atoms with Gasteiger partial charge < -0.3 is 15.7 Å². The van der Waals surface area contributed by atoms with Crippen LogP contribution in [0.3, 0.4) is 0 Å². The second kappa shape index (κ2) is 6.74. The van der Waals surface area contributed by atoms with Crippen LogP contribution in [0.4, 0.5) is 11.4 Å². The van der Waals surface area contributed by atoms with Gasteiger partial charge in [-0.1, -0.05) is 12.1 Å². The molecule has 1 amide bonds. The first-order chi connectivity index (χ1) is 10.9. The fraction of sp³-hybridized carbons (Fsp3) is 0.118. The molecule has 3 N–H and O–H groups in total. The molecule has 0 spiro atoms. The first-order valence-corrected chi connectivity index (χ1v) is 6.89. The lowest BCUT2D eigenvalue weighted by Crippen LogP contribution is -2.13. The van der Waals surface area contributed by atoms with Gasteiger partial charge in [-0.05, 0) is 37.3 Å². The van der Waals surface area contributed by atoms with E-state index in [1.807, 2.05) is 0 Å². The first kappa shape index (κ1) is 16.2. The molecular formula is C17H16N2O4. The molecule has 0 bridgehead atoms. The van der Waals surface area contributed by atoms with Crippen molar-refractivity contribution in [3.05, 3.63) is 59.2 Å². The summed E-state index contributed by atoms with van der Waals surface area (Å²) in [7, 11) is 1.66. The summed E-state index contributed by atoms with van der Waals surface area (Å²) in [6.07, 6.45) is 0. The average Bonchev–Trinajstić information content (AvgIpc) is 2.54. The van der Waals surface area contributed by atoms with Crippen molar-refractivity contribution in [2.45, 2.75) is 6.92 Å². The van der Waals surface area contributed by atoms with Crippen molar-refractivity contribution in [3.8, 4) is 0 Å².